The molecule has 0 saturated carbocycles. The molecule has 0 aliphatic carbocycles. The van der Waals surface area contributed by atoms with Crippen LogP contribution in [0.2, 0.25) is 5.02 Å². The molecule has 33 heavy (non-hydrogen) atoms. The van der Waals surface area contributed by atoms with E-state index in [1.165, 1.54) is 0 Å². The molecule has 0 bridgehead atoms. The number of anilines is 1. The number of benzene rings is 1. The summed E-state index contributed by atoms with van der Waals surface area (Å²) >= 11 is 5.85. The Labute approximate surface area is 196 Å². The number of likely N-dealkylation sites (tertiary alicyclic amines) is 1. The van der Waals surface area contributed by atoms with Crippen LogP contribution in [0.25, 0.3) is 0 Å². The van der Waals surface area contributed by atoms with E-state index >= 15 is 0 Å². The van der Waals surface area contributed by atoms with Crippen molar-refractivity contribution in [2.24, 2.45) is 5.92 Å². The van der Waals surface area contributed by atoms with Crippen molar-refractivity contribution in [3.8, 4) is 0 Å². The van der Waals surface area contributed by atoms with Gasteiger partial charge in [-0.25, -0.2) is 27.2 Å². The minimum Gasteiger partial charge on any atom is -0.341 e. The zero-order valence-corrected chi connectivity index (χ0v) is 19.7. The molecule has 0 spiro atoms. The van der Waals surface area contributed by atoms with Crippen LogP contribution in [0.15, 0.2) is 29.4 Å². The van der Waals surface area contributed by atoms with Crippen molar-refractivity contribution in [2.75, 3.05) is 30.8 Å². The van der Waals surface area contributed by atoms with Gasteiger partial charge >= 0.3 is 0 Å². The molecular weight excluding hydrogens is 474 g/mol. The molecule has 4 rings (SSSR count). The normalized spacial score (nSPS) is 20.4. The second-order valence-electron chi connectivity index (χ2n) is 8.64. The van der Waals surface area contributed by atoms with E-state index in [4.69, 9.17) is 11.6 Å². The third kappa shape index (κ3) is 5.27. The molecular formula is C22H25ClF2N4O3S. The Balaban J connectivity index is 1.42. The highest BCUT2D eigenvalue weighted by atomic mass is 35.5. The van der Waals surface area contributed by atoms with Crippen LogP contribution in [0, 0.1) is 17.6 Å². The van der Waals surface area contributed by atoms with Gasteiger partial charge in [0, 0.05) is 37.8 Å². The Bertz CT molecular complexity index is 1140. The average Bonchev–Trinajstić information content (AvgIpc) is 2.77. The summed E-state index contributed by atoms with van der Waals surface area (Å²) in [6.07, 6.45) is 6.87. The maximum absolute atomic E-state index is 14.5. The van der Waals surface area contributed by atoms with Crippen LogP contribution in [0.5, 0.6) is 0 Å². The molecule has 0 N–H and O–H groups in total. The Morgan fingerprint density at radius 2 is 1.73 bits per heavy atom. The van der Waals surface area contributed by atoms with Crippen molar-refractivity contribution in [3.63, 3.8) is 0 Å². The van der Waals surface area contributed by atoms with Gasteiger partial charge in [0.1, 0.15) is 16.5 Å². The molecule has 11 heteroatoms. The second-order valence-corrected chi connectivity index (χ2v) is 11.1. The number of carbonyl (C=O) groups is 1. The van der Waals surface area contributed by atoms with Crippen molar-refractivity contribution in [2.45, 2.75) is 43.0 Å². The van der Waals surface area contributed by atoms with Gasteiger partial charge in [0.15, 0.2) is 9.84 Å². The zero-order chi connectivity index (χ0) is 23.8. The monoisotopic (exact) mass is 498 g/mol. The van der Waals surface area contributed by atoms with E-state index in [1.54, 1.807) is 12.4 Å². The fourth-order valence-electron chi connectivity index (χ4n) is 4.65. The summed E-state index contributed by atoms with van der Waals surface area (Å²) in [6, 6.07) is 1.68. The molecule has 1 atom stereocenters. The van der Waals surface area contributed by atoms with Crippen molar-refractivity contribution >= 4 is 33.3 Å². The third-order valence-corrected chi connectivity index (χ3v) is 7.65. The van der Waals surface area contributed by atoms with Gasteiger partial charge in [0.05, 0.1) is 17.4 Å². The molecule has 2 saturated heterocycles. The topological polar surface area (TPSA) is 83.5 Å². The summed E-state index contributed by atoms with van der Waals surface area (Å²) < 4.78 is 52.1. The number of hydrogen-bond donors (Lipinski definition) is 0. The Morgan fingerprint density at radius 1 is 1.06 bits per heavy atom. The summed E-state index contributed by atoms with van der Waals surface area (Å²) in [6.45, 7) is 2.04. The first-order valence-electron chi connectivity index (χ1n) is 10.8. The average molecular weight is 499 g/mol. The zero-order valence-electron chi connectivity index (χ0n) is 18.2. The van der Waals surface area contributed by atoms with Crippen molar-refractivity contribution in [3.05, 3.63) is 46.7 Å². The summed E-state index contributed by atoms with van der Waals surface area (Å²) in [5.74, 6) is -1.72. The Kier molecular flexibility index (Phi) is 6.86. The summed E-state index contributed by atoms with van der Waals surface area (Å²) in [4.78, 5) is 25.0. The number of piperidine rings is 2. The van der Waals surface area contributed by atoms with Gasteiger partial charge in [-0.05, 0) is 49.8 Å². The van der Waals surface area contributed by atoms with Crippen LogP contribution >= 0.6 is 11.6 Å². The predicted octanol–water partition coefficient (Wildman–Crippen LogP) is 3.26. The molecule has 1 aromatic carbocycles. The number of nitrogens with zero attached hydrogens (tertiary/aromatic N) is 4. The SMILES string of the molecule is CS(=O)(=O)c1cc(F)c(C[C@H]2CCCN(C3CCN(c4ncc(Cl)cn4)CC3)C2=O)cc1F. The van der Waals surface area contributed by atoms with Crippen molar-refractivity contribution in [1.29, 1.82) is 0 Å². The van der Waals surface area contributed by atoms with Gasteiger partial charge in [-0.3, -0.25) is 4.79 Å². The first-order valence-corrected chi connectivity index (χ1v) is 13.1. The molecule has 1 aromatic heterocycles. The molecule has 178 valence electrons. The maximum atomic E-state index is 14.5. The Morgan fingerprint density at radius 3 is 2.36 bits per heavy atom. The van der Waals surface area contributed by atoms with E-state index in [2.05, 4.69) is 14.9 Å². The van der Waals surface area contributed by atoms with Crippen LogP contribution in [-0.4, -0.2) is 61.1 Å². The van der Waals surface area contributed by atoms with Crippen molar-refractivity contribution in [1.82, 2.24) is 14.9 Å². The van der Waals surface area contributed by atoms with E-state index in [9.17, 15) is 22.0 Å². The molecule has 3 heterocycles. The van der Waals surface area contributed by atoms with E-state index in [-0.39, 0.29) is 23.9 Å². The molecule has 2 aromatic rings. The fraction of sp³-hybridized carbons (Fsp3) is 0.500. The van der Waals surface area contributed by atoms with E-state index < -0.39 is 32.3 Å². The van der Waals surface area contributed by atoms with Gasteiger partial charge in [-0.15, -0.1) is 0 Å². The lowest BCUT2D eigenvalue weighted by molar-refractivity contribution is -0.141. The highest BCUT2D eigenvalue weighted by Gasteiger charge is 2.35. The molecule has 7 nitrogen and oxygen atoms in total. The minimum absolute atomic E-state index is 0.0230. The predicted molar refractivity (Wildman–Crippen MR) is 120 cm³/mol. The van der Waals surface area contributed by atoms with Crippen LogP contribution in [0.1, 0.15) is 31.2 Å². The first-order chi connectivity index (χ1) is 15.6. The molecule has 1 amide bonds. The van der Waals surface area contributed by atoms with Gasteiger partial charge in [-0.2, -0.15) is 0 Å². The van der Waals surface area contributed by atoms with E-state index in [0.717, 1.165) is 31.6 Å². The smallest absolute Gasteiger partial charge is 0.226 e. The lowest BCUT2D eigenvalue weighted by Gasteiger charge is -2.42. The third-order valence-electron chi connectivity index (χ3n) is 6.35. The number of rotatable bonds is 5. The summed E-state index contributed by atoms with van der Waals surface area (Å²) in [5, 5.41) is 0.473. The minimum atomic E-state index is -3.88. The molecule has 2 aliphatic heterocycles. The lowest BCUT2D eigenvalue weighted by atomic mass is 9.88. The fourth-order valence-corrected chi connectivity index (χ4v) is 5.48. The maximum Gasteiger partial charge on any atom is 0.226 e. The van der Waals surface area contributed by atoms with E-state index in [1.807, 2.05) is 4.90 Å². The van der Waals surface area contributed by atoms with Crippen LogP contribution in [0.3, 0.4) is 0 Å². The highest BCUT2D eigenvalue weighted by molar-refractivity contribution is 7.90. The first kappa shape index (κ1) is 23.8. The van der Waals surface area contributed by atoms with Crippen molar-refractivity contribution < 1.29 is 22.0 Å². The van der Waals surface area contributed by atoms with Crippen LogP contribution in [-0.2, 0) is 21.1 Å². The van der Waals surface area contributed by atoms with Gasteiger partial charge in [0.2, 0.25) is 11.9 Å². The number of carbonyl (C=O) groups excluding carboxylic acids is 1. The number of amides is 1. The molecule has 0 radical (unpaired) electrons. The Hall–Kier alpha value is -2.33. The standard InChI is InChI=1S/C22H25ClF2N4O3S/c1-33(31,32)20-11-18(24)15(10-19(20)25)9-14-3-2-6-29(21(14)30)17-4-7-28(8-5-17)22-26-12-16(23)13-27-22/h10-14,17H,2-9H2,1H3/t14-/m1/s1. The van der Waals surface area contributed by atoms with Gasteiger partial charge < -0.3 is 9.80 Å². The number of halogens is 3. The number of hydrogen-bond acceptors (Lipinski definition) is 6. The van der Waals surface area contributed by atoms with Gasteiger partial charge in [0.25, 0.3) is 0 Å². The highest BCUT2D eigenvalue weighted by Crippen LogP contribution is 2.30. The largest absolute Gasteiger partial charge is 0.341 e. The molecule has 2 aliphatic rings. The number of sulfone groups is 1. The number of aromatic nitrogens is 2. The summed E-state index contributed by atoms with van der Waals surface area (Å²) in [7, 11) is -3.88. The van der Waals surface area contributed by atoms with Gasteiger partial charge in [-0.1, -0.05) is 11.6 Å². The lowest BCUT2D eigenvalue weighted by Crippen LogP contribution is -2.52. The molecule has 2 fully saturated rings. The second kappa shape index (κ2) is 9.50. The van der Waals surface area contributed by atoms with Crippen LogP contribution in [0.4, 0.5) is 14.7 Å². The molecule has 0 unspecified atom stereocenters. The van der Waals surface area contributed by atoms with Crippen LogP contribution < -0.4 is 4.90 Å². The summed E-state index contributed by atoms with van der Waals surface area (Å²) in [5.41, 5.74) is 0.0230. The van der Waals surface area contributed by atoms with E-state index in [0.29, 0.717) is 43.1 Å². The quantitative estimate of drug-likeness (QED) is 0.629.